The van der Waals surface area contributed by atoms with E-state index < -0.39 is 0 Å². The highest BCUT2D eigenvalue weighted by molar-refractivity contribution is 5.79. The van der Waals surface area contributed by atoms with Crippen LogP contribution in [0.15, 0.2) is 30.3 Å². The highest BCUT2D eigenvalue weighted by atomic mass is 16.5. The maximum absolute atomic E-state index is 12.3. The molecule has 1 heterocycles. The summed E-state index contributed by atoms with van der Waals surface area (Å²) in [5.41, 5.74) is 1.33. The van der Waals surface area contributed by atoms with E-state index in [1.54, 1.807) is 0 Å². The van der Waals surface area contributed by atoms with Gasteiger partial charge in [-0.05, 0) is 31.7 Å². The third-order valence-corrected chi connectivity index (χ3v) is 5.28. The Bertz CT molecular complexity index is 505. The van der Waals surface area contributed by atoms with Gasteiger partial charge in [0.15, 0.2) is 0 Å². The monoisotopic (exact) mass is 316 g/mol. The summed E-state index contributed by atoms with van der Waals surface area (Å²) in [6.45, 7) is 4.22. The van der Waals surface area contributed by atoms with Crippen molar-refractivity contribution < 1.29 is 9.53 Å². The minimum absolute atomic E-state index is 0.0321. The lowest BCUT2D eigenvalue weighted by Crippen LogP contribution is -2.53. The summed E-state index contributed by atoms with van der Waals surface area (Å²) in [5.74, 6) is 0.197. The molecule has 23 heavy (non-hydrogen) atoms. The minimum Gasteiger partial charge on any atom is -0.381 e. The van der Waals surface area contributed by atoms with Crippen LogP contribution in [0.1, 0.15) is 50.6 Å². The third kappa shape index (κ3) is 4.12. The van der Waals surface area contributed by atoms with Crippen LogP contribution >= 0.6 is 0 Å². The molecule has 1 saturated carbocycles. The number of hydrogen-bond donors (Lipinski definition) is 2. The van der Waals surface area contributed by atoms with E-state index in [2.05, 4.69) is 41.8 Å². The maximum atomic E-state index is 12.3. The normalized spacial score (nSPS) is 24.5. The molecule has 1 amide bonds. The first-order valence-corrected chi connectivity index (χ1v) is 8.87. The summed E-state index contributed by atoms with van der Waals surface area (Å²) in [5, 5.41) is 6.99. The van der Waals surface area contributed by atoms with Gasteiger partial charge in [0.1, 0.15) is 0 Å². The Morgan fingerprint density at radius 3 is 2.70 bits per heavy atom. The van der Waals surface area contributed by atoms with Crippen molar-refractivity contribution in [3.8, 4) is 0 Å². The molecule has 1 aliphatic carbocycles. The molecule has 0 bridgehead atoms. The zero-order chi connectivity index (χ0) is 16.1. The van der Waals surface area contributed by atoms with Crippen molar-refractivity contribution in [2.75, 3.05) is 19.8 Å². The number of rotatable bonds is 6. The first kappa shape index (κ1) is 16.5. The number of benzene rings is 1. The fraction of sp³-hybridized carbons (Fsp3) is 0.632. The van der Waals surface area contributed by atoms with E-state index in [1.807, 2.05) is 6.07 Å². The van der Waals surface area contributed by atoms with Crippen LogP contribution in [0, 0.1) is 5.92 Å². The van der Waals surface area contributed by atoms with Crippen molar-refractivity contribution in [2.24, 2.45) is 5.92 Å². The Balaban J connectivity index is 1.59. The number of amides is 1. The average molecular weight is 316 g/mol. The molecule has 0 unspecified atom stereocenters. The van der Waals surface area contributed by atoms with E-state index >= 15 is 0 Å². The van der Waals surface area contributed by atoms with Gasteiger partial charge in [0.05, 0.1) is 12.5 Å². The largest absolute Gasteiger partial charge is 0.381 e. The molecule has 4 heteroatoms. The van der Waals surface area contributed by atoms with Crippen molar-refractivity contribution in [1.82, 2.24) is 10.6 Å². The van der Waals surface area contributed by atoms with E-state index in [0.717, 1.165) is 25.8 Å². The smallest absolute Gasteiger partial charge is 0.225 e. The first-order valence-electron chi connectivity index (χ1n) is 8.87. The molecule has 126 valence electrons. The summed E-state index contributed by atoms with van der Waals surface area (Å²) in [4.78, 5) is 12.3. The predicted octanol–water partition coefficient (Wildman–Crippen LogP) is 2.80. The molecule has 1 aromatic rings. The van der Waals surface area contributed by atoms with Gasteiger partial charge in [-0.15, -0.1) is 0 Å². The van der Waals surface area contributed by atoms with Crippen LogP contribution in [0.3, 0.4) is 0 Å². The molecule has 2 N–H and O–H groups in total. The molecule has 3 rings (SSSR count). The van der Waals surface area contributed by atoms with Crippen LogP contribution in [0.25, 0.3) is 0 Å². The Morgan fingerprint density at radius 2 is 2.04 bits per heavy atom. The Kier molecular flexibility index (Phi) is 5.34. The number of carbonyl (C=O) groups is 1. The van der Waals surface area contributed by atoms with E-state index in [9.17, 15) is 4.79 Å². The van der Waals surface area contributed by atoms with E-state index in [4.69, 9.17) is 4.74 Å². The molecule has 1 saturated heterocycles. The van der Waals surface area contributed by atoms with Gasteiger partial charge in [-0.1, -0.05) is 43.2 Å². The van der Waals surface area contributed by atoms with Crippen molar-refractivity contribution >= 4 is 5.91 Å². The van der Waals surface area contributed by atoms with Crippen LogP contribution in [-0.4, -0.2) is 31.2 Å². The fourth-order valence-corrected chi connectivity index (χ4v) is 3.85. The second kappa shape index (κ2) is 7.45. The van der Waals surface area contributed by atoms with Crippen molar-refractivity contribution in [1.29, 1.82) is 0 Å². The Hall–Kier alpha value is -1.39. The van der Waals surface area contributed by atoms with Crippen LogP contribution in [0.5, 0.6) is 0 Å². The topological polar surface area (TPSA) is 50.4 Å². The SMILES string of the molecule is C[C@H](NC1(CNC(=O)[C@@H]2CCOC2)CCCC1)c1ccccc1. The van der Waals surface area contributed by atoms with Gasteiger partial charge in [0.2, 0.25) is 5.91 Å². The molecular formula is C19H28N2O2. The lowest BCUT2D eigenvalue weighted by molar-refractivity contribution is -0.125. The van der Waals surface area contributed by atoms with E-state index in [0.29, 0.717) is 19.3 Å². The van der Waals surface area contributed by atoms with Crippen molar-refractivity contribution in [3.63, 3.8) is 0 Å². The van der Waals surface area contributed by atoms with Gasteiger partial charge < -0.3 is 15.4 Å². The third-order valence-electron chi connectivity index (χ3n) is 5.28. The maximum Gasteiger partial charge on any atom is 0.225 e. The molecule has 2 atom stereocenters. The zero-order valence-electron chi connectivity index (χ0n) is 14.0. The Morgan fingerprint density at radius 1 is 1.30 bits per heavy atom. The molecule has 0 spiro atoms. The average Bonchev–Trinajstić information content (AvgIpc) is 3.26. The molecule has 0 aromatic heterocycles. The molecule has 2 fully saturated rings. The summed E-state index contributed by atoms with van der Waals surface area (Å²) in [6.07, 6.45) is 5.58. The highest BCUT2D eigenvalue weighted by Gasteiger charge is 2.36. The molecular weight excluding hydrogens is 288 g/mol. The van der Waals surface area contributed by atoms with E-state index in [-0.39, 0.29) is 17.4 Å². The first-order chi connectivity index (χ1) is 11.2. The van der Waals surface area contributed by atoms with Crippen LogP contribution in [0.2, 0.25) is 0 Å². The fourth-order valence-electron chi connectivity index (χ4n) is 3.85. The number of hydrogen-bond acceptors (Lipinski definition) is 3. The van der Waals surface area contributed by atoms with Gasteiger partial charge in [-0.25, -0.2) is 0 Å². The quantitative estimate of drug-likeness (QED) is 0.848. The molecule has 4 nitrogen and oxygen atoms in total. The van der Waals surface area contributed by atoms with E-state index in [1.165, 1.54) is 18.4 Å². The van der Waals surface area contributed by atoms with Gasteiger partial charge in [-0.2, -0.15) is 0 Å². The zero-order valence-corrected chi connectivity index (χ0v) is 14.0. The van der Waals surface area contributed by atoms with Crippen LogP contribution < -0.4 is 10.6 Å². The summed E-state index contributed by atoms with van der Waals surface area (Å²) >= 11 is 0. The molecule has 2 aliphatic rings. The summed E-state index contributed by atoms with van der Waals surface area (Å²) < 4.78 is 5.32. The van der Waals surface area contributed by atoms with Gasteiger partial charge in [-0.3, -0.25) is 4.79 Å². The lowest BCUT2D eigenvalue weighted by atomic mass is 9.94. The minimum atomic E-state index is 0.0321. The van der Waals surface area contributed by atoms with Gasteiger partial charge in [0.25, 0.3) is 0 Å². The Labute approximate surface area is 139 Å². The number of nitrogens with one attached hydrogen (secondary N) is 2. The van der Waals surface area contributed by atoms with Crippen molar-refractivity contribution in [2.45, 2.75) is 50.6 Å². The summed E-state index contributed by atoms with van der Waals surface area (Å²) in [7, 11) is 0. The van der Waals surface area contributed by atoms with Crippen molar-refractivity contribution in [3.05, 3.63) is 35.9 Å². The number of carbonyl (C=O) groups excluding carboxylic acids is 1. The predicted molar refractivity (Wildman–Crippen MR) is 91.1 cm³/mol. The highest BCUT2D eigenvalue weighted by Crippen LogP contribution is 2.32. The molecule has 0 radical (unpaired) electrons. The second-order valence-electron chi connectivity index (χ2n) is 7.04. The van der Waals surface area contributed by atoms with Crippen LogP contribution in [0.4, 0.5) is 0 Å². The standard InChI is InChI=1S/C19H28N2O2/c1-15(16-7-3-2-4-8-16)21-19(10-5-6-11-19)14-20-18(22)17-9-12-23-13-17/h2-4,7-8,15,17,21H,5-6,9-14H2,1H3,(H,20,22)/t15-,17+/m0/s1. The van der Waals surface area contributed by atoms with Gasteiger partial charge >= 0.3 is 0 Å². The molecule has 1 aliphatic heterocycles. The molecule has 1 aromatic carbocycles. The van der Waals surface area contributed by atoms with Gasteiger partial charge in [0, 0.05) is 24.7 Å². The number of ether oxygens (including phenoxy) is 1. The second-order valence-corrected chi connectivity index (χ2v) is 7.04. The summed E-state index contributed by atoms with van der Waals surface area (Å²) in [6, 6.07) is 10.8. The lowest BCUT2D eigenvalue weighted by Gasteiger charge is -2.34. The van der Waals surface area contributed by atoms with Crippen LogP contribution in [-0.2, 0) is 9.53 Å².